The summed E-state index contributed by atoms with van der Waals surface area (Å²) in [6, 6.07) is -2.80. The van der Waals surface area contributed by atoms with E-state index < -0.39 is 66.4 Å². The summed E-state index contributed by atoms with van der Waals surface area (Å²) >= 11 is 1.34. The van der Waals surface area contributed by atoms with Gasteiger partial charge in [0.25, 0.3) is 0 Å². The van der Waals surface area contributed by atoms with E-state index in [1.165, 1.54) is 18.3 Å². The van der Waals surface area contributed by atoms with Gasteiger partial charge >= 0.3 is 11.9 Å². The molecular weight excluding hydrogens is 504 g/mol. The molecule has 1 aromatic heterocycles. The summed E-state index contributed by atoms with van der Waals surface area (Å²) in [6.45, 7) is 5.03. The third-order valence-corrected chi connectivity index (χ3v) is 6.63. The third-order valence-electron chi connectivity index (χ3n) is 6.00. The van der Waals surface area contributed by atoms with Gasteiger partial charge in [-0.2, -0.15) is 0 Å². The molecule has 12 nitrogen and oxygen atoms in total. The molecule has 0 aromatic carbocycles. The first kappa shape index (κ1) is 30.2. The number of ether oxygens (including phenoxy) is 1. The van der Waals surface area contributed by atoms with Crippen molar-refractivity contribution < 1.29 is 38.9 Å². The van der Waals surface area contributed by atoms with Crippen molar-refractivity contribution in [2.45, 2.75) is 96.1 Å². The maximum atomic E-state index is 13.0. The SMILES string of the molecule is CC(C)[C@H]1NC(=O)[C@@H](C)NC(=O)[C@@H](Cc2cscn2)NC(=O)C[C@@H](CCCCC(=O)O)OC(=O)C[C@@H]1O. The van der Waals surface area contributed by atoms with Gasteiger partial charge in [-0.3, -0.25) is 24.0 Å². The third kappa shape index (κ3) is 10.4. The minimum absolute atomic E-state index is 0.0601. The van der Waals surface area contributed by atoms with Gasteiger partial charge in [-0.25, -0.2) is 4.98 Å². The molecule has 0 spiro atoms. The number of aromatic nitrogens is 1. The van der Waals surface area contributed by atoms with Gasteiger partial charge in [-0.05, 0) is 32.1 Å². The van der Waals surface area contributed by atoms with Gasteiger partial charge in [0.1, 0.15) is 18.2 Å². The quantitative estimate of drug-likeness (QED) is 0.232. The van der Waals surface area contributed by atoms with Gasteiger partial charge in [0.15, 0.2) is 0 Å². The number of aliphatic hydroxyl groups excluding tert-OH is 1. The van der Waals surface area contributed by atoms with E-state index in [0.29, 0.717) is 18.5 Å². The number of carboxylic acid groups (broad SMARTS) is 1. The van der Waals surface area contributed by atoms with E-state index in [-0.39, 0.29) is 31.6 Å². The van der Waals surface area contributed by atoms with Gasteiger partial charge in [0.2, 0.25) is 17.7 Å². The molecule has 206 valence electrons. The zero-order chi connectivity index (χ0) is 27.5. The Bertz CT molecular complexity index is 939. The van der Waals surface area contributed by atoms with Gasteiger partial charge in [-0.15, -0.1) is 11.3 Å². The fourth-order valence-corrected chi connectivity index (χ4v) is 4.55. The standard InChI is InChI=1S/C24H36N4O8S/c1-13(2)22-18(29)10-21(33)36-16(6-4-5-7-20(31)32)9-19(30)27-17(8-15-11-37-12-25-15)24(35)26-14(3)23(34)28-22/h11-14,16-18,22,29H,4-10H2,1-3H3,(H,26,35)(H,27,30)(H,28,34)(H,31,32)/t14-,16-,17-,18+,22-/m1/s1. The van der Waals surface area contributed by atoms with E-state index in [4.69, 9.17) is 9.84 Å². The number of hydrogen-bond donors (Lipinski definition) is 5. The van der Waals surface area contributed by atoms with Crippen LogP contribution in [0.1, 0.15) is 65.0 Å². The largest absolute Gasteiger partial charge is 0.481 e. The fourth-order valence-electron chi connectivity index (χ4n) is 3.98. The van der Waals surface area contributed by atoms with E-state index in [1.54, 1.807) is 24.7 Å². The fraction of sp³-hybridized carbons (Fsp3) is 0.667. The van der Waals surface area contributed by atoms with Crippen LogP contribution in [0.3, 0.4) is 0 Å². The summed E-state index contributed by atoms with van der Waals surface area (Å²) in [7, 11) is 0. The number of esters is 1. The monoisotopic (exact) mass is 540 g/mol. The molecule has 1 aliphatic rings. The lowest BCUT2D eigenvalue weighted by atomic mass is 9.96. The highest BCUT2D eigenvalue weighted by Gasteiger charge is 2.32. The van der Waals surface area contributed by atoms with Crippen LogP contribution in [0.15, 0.2) is 10.9 Å². The number of nitrogens with zero attached hydrogens (tertiary/aromatic N) is 1. The van der Waals surface area contributed by atoms with Crippen LogP contribution in [0.2, 0.25) is 0 Å². The average Bonchev–Trinajstić information content (AvgIpc) is 3.31. The molecule has 0 unspecified atom stereocenters. The van der Waals surface area contributed by atoms with Crippen molar-refractivity contribution in [2.24, 2.45) is 5.92 Å². The zero-order valence-corrected chi connectivity index (χ0v) is 22.1. The number of carbonyl (C=O) groups is 5. The molecule has 1 aliphatic heterocycles. The van der Waals surface area contributed by atoms with Gasteiger partial charge in [0.05, 0.1) is 36.2 Å². The normalized spacial score (nSPS) is 26.4. The van der Waals surface area contributed by atoms with Gasteiger partial charge < -0.3 is 30.9 Å². The highest BCUT2D eigenvalue weighted by molar-refractivity contribution is 7.07. The molecular formula is C24H36N4O8S. The molecule has 0 bridgehead atoms. The van der Waals surface area contributed by atoms with Crippen LogP contribution in [0.5, 0.6) is 0 Å². The number of unbranched alkanes of at least 4 members (excludes halogenated alkanes) is 1. The van der Waals surface area contributed by atoms with Crippen LogP contribution in [0, 0.1) is 5.92 Å². The minimum Gasteiger partial charge on any atom is -0.481 e. The molecule has 37 heavy (non-hydrogen) atoms. The lowest BCUT2D eigenvalue weighted by molar-refractivity contribution is -0.154. The topological polar surface area (TPSA) is 184 Å². The molecule has 2 heterocycles. The number of rotatable bonds is 8. The van der Waals surface area contributed by atoms with Crippen LogP contribution in [0.4, 0.5) is 0 Å². The van der Waals surface area contributed by atoms with Crippen LogP contribution in [-0.2, 0) is 35.1 Å². The minimum atomic E-state index is -1.26. The van der Waals surface area contributed by atoms with E-state index in [0.717, 1.165) is 0 Å². The number of aliphatic carboxylic acids is 1. The Balaban J connectivity index is 2.28. The summed E-state index contributed by atoms with van der Waals surface area (Å²) in [5.74, 6) is -3.64. The predicted molar refractivity (Wildman–Crippen MR) is 133 cm³/mol. The number of amides is 3. The number of carboxylic acids is 1. The maximum absolute atomic E-state index is 13.0. The number of carbonyl (C=O) groups excluding carboxylic acids is 4. The van der Waals surface area contributed by atoms with E-state index in [1.807, 2.05) is 0 Å². The van der Waals surface area contributed by atoms with Crippen LogP contribution in [0.25, 0.3) is 0 Å². The molecule has 3 amide bonds. The highest BCUT2D eigenvalue weighted by Crippen LogP contribution is 2.16. The molecule has 5 atom stereocenters. The van der Waals surface area contributed by atoms with Crippen molar-refractivity contribution in [3.8, 4) is 0 Å². The van der Waals surface area contributed by atoms with Gasteiger partial charge in [-0.1, -0.05) is 13.8 Å². The first-order chi connectivity index (χ1) is 17.5. The lowest BCUT2D eigenvalue weighted by Crippen LogP contribution is -2.56. The molecule has 1 saturated heterocycles. The van der Waals surface area contributed by atoms with Crippen molar-refractivity contribution >= 4 is 41.0 Å². The number of thiazole rings is 1. The van der Waals surface area contributed by atoms with Crippen LogP contribution >= 0.6 is 11.3 Å². The highest BCUT2D eigenvalue weighted by atomic mass is 32.1. The van der Waals surface area contributed by atoms with Crippen LogP contribution in [-0.4, -0.2) is 75.2 Å². The number of cyclic esters (lactones) is 1. The number of hydrogen-bond acceptors (Lipinski definition) is 9. The van der Waals surface area contributed by atoms with Crippen molar-refractivity contribution in [1.29, 1.82) is 0 Å². The Morgan fingerprint density at radius 1 is 1.14 bits per heavy atom. The lowest BCUT2D eigenvalue weighted by Gasteiger charge is -2.29. The molecule has 1 fully saturated rings. The Morgan fingerprint density at radius 2 is 1.86 bits per heavy atom. The first-order valence-corrected chi connectivity index (χ1v) is 13.3. The molecule has 0 aliphatic carbocycles. The summed E-state index contributed by atoms with van der Waals surface area (Å²) in [4.78, 5) is 66.3. The van der Waals surface area contributed by atoms with Crippen molar-refractivity contribution in [2.75, 3.05) is 0 Å². The second-order valence-electron chi connectivity index (χ2n) is 9.54. The molecule has 2 rings (SSSR count). The van der Waals surface area contributed by atoms with Crippen molar-refractivity contribution in [3.05, 3.63) is 16.6 Å². The van der Waals surface area contributed by atoms with Crippen molar-refractivity contribution in [1.82, 2.24) is 20.9 Å². The number of aliphatic hydroxyl groups is 1. The van der Waals surface area contributed by atoms with Crippen LogP contribution < -0.4 is 16.0 Å². The summed E-state index contributed by atoms with van der Waals surface area (Å²) in [5.41, 5.74) is 2.18. The molecule has 13 heteroatoms. The molecule has 0 radical (unpaired) electrons. The summed E-state index contributed by atoms with van der Waals surface area (Å²) in [5, 5.41) is 29.2. The molecule has 1 aromatic rings. The van der Waals surface area contributed by atoms with E-state index in [2.05, 4.69) is 20.9 Å². The van der Waals surface area contributed by atoms with E-state index in [9.17, 15) is 29.1 Å². The molecule has 5 N–H and O–H groups in total. The Kier molecular flexibility index (Phi) is 11.9. The Hall–Kier alpha value is -3.06. The van der Waals surface area contributed by atoms with Gasteiger partial charge in [0, 0.05) is 18.2 Å². The number of nitrogens with one attached hydrogen (secondary N) is 3. The Morgan fingerprint density at radius 3 is 2.49 bits per heavy atom. The Labute approximate surface area is 219 Å². The molecule has 0 saturated carbocycles. The summed E-state index contributed by atoms with van der Waals surface area (Å²) in [6.07, 6.45) is -1.82. The summed E-state index contributed by atoms with van der Waals surface area (Å²) < 4.78 is 5.49. The van der Waals surface area contributed by atoms with Crippen molar-refractivity contribution in [3.63, 3.8) is 0 Å². The predicted octanol–water partition coefficient (Wildman–Crippen LogP) is 0.527. The smallest absolute Gasteiger partial charge is 0.308 e. The second kappa shape index (κ2) is 14.6. The average molecular weight is 541 g/mol. The maximum Gasteiger partial charge on any atom is 0.308 e. The zero-order valence-electron chi connectivity index (χ0n) is 21.3. The second-order valence-corrected chi connectivity index (χ2v) is 10.3. The van der Waals surface area contributed by atoms with E-state index >= 15 is 0 Å². The first-order valence-electron chi connectivity index (χ1n) is 12.3.